The van der Waals surface area contributed by atoms with Crippen LogP contribution in [0.1, 0.15) is 0 Å². The molecule has 0 aliphatic rings. The quantitative estimate of drug-likeness (QED) is 0.800. The van der Waals surface area contributed by atoms with Gasteiger partial charge in [0.2, 0.25) is 0 Å². The van der Waals surface area contributed by atoms with Crippen LogP contribution in [0.5, 0.6) is 0 Å². The molecular weight excluding hydrogens is 371 g/mol. The minimum atomic E-state index is -3.92. The fraction of sp³-hybridized carbons (Fsp3) is 0. The minimum absolute atomic E-state index is 0.0462. The van der Waals surface area contributed by atoms with Gasteiger partial charge in [0.1, 0.15) is 10.7 Å². The highest BCUT2D eigenvalue weighted by atomic mass is 79.9. The number of nitrogens with two attached hydrogens (primary N) is 1. The Bertz CT molecular complexity index is 768. The molecule has 0 saturated carbocycles. The van der Waals surface area contributed by atoms with E-state index in [4.69, 9.17) is 17.3 Å². The predicted molar refractivity (Wildman–Crippen MR) is 80.8 cm³/mol. The molecule has 2 rings (SSSR count). The zero-order valence-corrected chi connectivity index (χ0v) is 13.1. The Balaban J connectivity index is 2.43. The Hall–Kier alpha value is -1.31. The van der Waals surface area contributed by atoms with Crippen molar-refractivity contribution in [3.05, 3.63) is 51.7 Å². The van der Waals surface area contributed by atoms with E-state index in [9.17, 15) is 12.8 Å². The lowest BCUT2D eigenvalue weighted by atomic mass is 10.3. The van der Waals surface area contributed by atoms with Crippen LogP contribution in [-0.2, 0) is 10.0 Å². The van der Waals surface area contributed by atoms with Crippen molar-refractivity contribution in [2.24, 2.45) is 0 Å². The second-order valence-corrected chi connectivity index (χ2v) is 6.83. The Kier molecular flexibility index (Phi) is 4.22. The van der Waals surface area contributed by atoms with E-state index in [1.165, 1.54) is 24.3 Å². The van der Waals surface area contributed by atoms with Crippen LogP contribution < -0.4 is 10.5 Å². The number of halogens is 3. The number of nitrogens with one attached hydrogen (secondary N) is 1. The first-order valence-corrected chi connectivity index (χ1v) is 7.98. The maximum atomic E-state index is 13.0. The first-order valence-electron chi connectivity index (χ1n) is 5.32. The van der Waals surface area contributed by atoms with E-state index in [1.54, 1.807) is 0 Å². The van der Waals surface area contributed by atoms with Crippen molar-refractivity contribution in [1.29, 1.82) is 0 Å². The number of nitrogen functional groups attached to an aromatic ring is 1. The average Bonchev–Trinajstić information content (AvgIpc) is 2.35. The maximum Gasteiger partial charge on any atom is 0.263 e. The lowest BCUT2D eigenvalue weighted by Crippen LogP contribution is -2.14. The molecule has 0 amide bonds. The Morgan fingerprint density at radius 1 is 1.20 bits per heavy atom. The molecule has 8 heteroatoms. The highest BCUT2D eigenvalue weighted by Crippen LogP contribution is 2.29. The van der Waals surface area contributed by atoms with Crippen molar-refractivity contribution in [2.75, 3.05) is 10.5 Å². The number of hydrogen-bond donors (Lipinski definition) is 2. The third kappa shape index (κ3) is 3.23. The van der Waals surface area contributed by atoms with Crippen LogP contribution in [0.4, 0.5) is 15.8 Å². The van der Waals surface area contributed by atoms with Gasteiger partial charge in [0.25, 0.3) is 10.0 Å². The summed E-state index contributed by atoms with van der Waals surface area (Å²) in [4.78, 5) is -0.143. The van der Waals surface area contributed by atoms with Crippen LogP contribution in [0.15, 0.2) is 45.8 Å². The van der Waals surface area contributed by atoms with Gasteiger partial charge in [-0.3, -0.25) is 4.72 Å². The molecule has 0 aliphatic carbocycles. The zero-order valence-electron chi connectivity index (χ0n) is 9.90. The lowest BCUT2D eigenvalue weighted by Gasteiger charge is -2.11. The molecule has 0 aliphatic heterocycles. The van der Waals surface area contributed by atoms with Gasteiger partial charge in [-0.05, 0) is 52.3 Å². The highest BCUT2D eigenvalue weighted by Gasteiger charge is 2.19. The first-order chi connectivity index (χ1) is 9.29. The summed E-state index contributed by atoms with van der Waals surface area (Å²) in [7, 11) is -3.92. The van der Waals surface area contributed by atoms with Gasteiger partial charge in [0.05, 0.1) is 10.7 Å². The molecule has 0 fully saturated rings. The molecule has 0 aromatic heterocycles. The first kappa shape index (κ1) is 15.1. The predicted octanol–water partition coefficient (Wildman–Crippen LogP) is 3.62. The number of hydrogen-bond acceptors (Lipinski definition) is 3. The number of anilines is 2. The summed E-state index contributed by atoms with van der Waals surface area (Å²) < 4.78 is 40.1. The second kappa shape index (κ2) is 5.59. The van der Waals surface area contributed by atoms with Crippen molar-refractivity contribution < 1.29 is 12.8 Å². The van der Waals surface area contributed by atoms with Gasteiger partial charge >= 0.3 is 0 Å². The number of benzene rings is 2. The number of sulfonamides is 1. The summed E-state index contributed by atoms with van der Waals surface area (Å²) >= 11 is 8.95. The smallest absolute Gasteiger partial charge is 0.263 e. The van der Waals surface area contributed by atoms with Gasteiger partial charge in [0.15, 0.2) is 0 Å². The molecule has 2 aromatic carbocycles. The molecule has 0 radical (unpaired) electrons. The van der Waals surface area contributed by atoms with Gasteiger partial charge in [-0.2, -0.15) is 0 Å². The van der Waals surface area contributed by atoms with Crippen LogP contribution >= 0.6 is 27.5 Å². The van der Waals surface area contributed by atoms with Crippen LogP contribution in [0.2, 0.25) is 5.02 Å². The highest BCUT2D eigenvalue weighted by molar-refractivity contribution is 9.10. The monoisotopic (exact) mass is 378 g/mol. The largest absolute Gasteiger partial charge is 0.399 e. The molecule has 0 bridgehead atoms. The third-order valence-corrected chi connectivity index (χ3v) is 4.92. The van der Waals surface area contributed by atoms with Crippen molar-refractivity contribution in [2.45, 2.75) is 4.90 Å². The fourth-order valence-corrected chi connectivity index (χ4v) is 3.69. The van der Waals surface area contributed by atoms with Crippen molar-refractivity contribution in [3.8, 4) is 0 Å². The molecule has 20 heavy (non-hydrogen) atoms. The lowest BCUT2D eigenvalue weighted by molar-refractivity contribution is 0.601. The SMILES string of the molecule is Nc1ccc(Cl)c(S(=O)(=O)Nc2ccc(F)cc2Br)c1. The second-order valence-electron chi connectivity index (χ2n) is 3.92. The van der Waals surface area contributed by atoms with Crippen LogP contribution in [0.3, 0.4) is 0 Å². The Morgan fingerprint density at radius 3 is 2.55 bits per heavy atom. The molecule has 0 unspecified atom stereocenters. The normalized spacial score (nSPS) is 11.3. The topological polar surface area (TPSA) is 72.2 Å². The van der Waals surface area contributed by atoms with Crippen LogP contribution in [-0.4, -0.2) is 8.42 Å². The van der Waals surface area contributed by atoms with Gasteiger partial charge in [-0.1, -0.05) is 11.6 Å². The molecule has 4 nitrogen and oxygen atoms in total. The fourth-order valence-electron chi connectivity index (χ4n) is 1.50. The molecule has 0 saturated heterocycles. The maximum absolute atomic E-state index is 13.0. The van der Waals surface area contributed by atoms with E-state index < -0.39 is 15.8 Å². The standard InChI is InChI=1S/C12H9BrClFN2O2S/c13-9-5-7(15)1-4-11(9)17-20(18,19)12-6-8(16)2-3-10(12)14/h1-6,17H,16H2. The van der Waals surface area contributed by atoms with Crippen LogP contribution in [0.25, 0.3) is 0 Å². The minimum Gasteiger partial charge on any atom is -0.399 e. The third-order valence-electron chi connectivity index (χ3n) is 2.42. The van der Waals surface area contributed by atoms with Crippen molar-refractivity contribution in [1.82, 2.24) is 0 Å². The number of rotatable bonds is 3. The molecule has 0 spiro atoms. The van der Waals surface area contributed by atoms with Gasteiger partial charge < -0.3 is 5.73 Å². The van der Waals surface area contributed by atoms with E-state index in [1.807, 2.05) is 0 Å². The molecule has 2 aromatic rings. The summed E-state index contributed by atoms with van der Waals surface area (Å²) in [6.07, 6.45) is 0. The van der Waals surface area contributed by atoms with Crippen LogP contribution in [0, 0.1) is 5.82 Å². The zero-order chi connectivity index (χ0) is 14.9. The Labute approximate surface area is 128 Å². The summed E-state index contributed by atoms with van der Waals surface area (Å²) in [5.74, 6) is -0.484. The molecule has 106 valence electrons. The van der Waals surface area contributed by atoms with Crippen molar-refractivity contribution in [3.63, 3.8) is 0 Å². The molecule has 3 N–H and O–H groups in total. The van der Waals surface area contributed by atoms with E-state index in [0.29, 0.717) is 0 Å². The van der Waals surface area contributed by atoms with E-state index in [2.05, 4.69) is 20.7 Å². The van der Waals surface area contributed by atoms with E-state index in [0.717, 1.165) is 12.1 Å². The van der Waals surface area contributed by atoms with Gasteiger partial charge in [-0.25, -0.2) is 12.8 Å². The van der Waals surface area contributed by atoms with E-state index >= 15 is 0 Å². The van der Waals surface area contributed by atoms with E-state index in [-0.39, 0.29) is 25.8 Å². The summed E-state index contributed by atoms with van der Waals surface area (Å²) in [5, 5.41) is 0.0462. The Morgan fingerprint density at radius 2 is 1.90 bits per heavy atom. The molecule has 0 heterocycles. The molecular formula is C12H9BrClFN2O2S. The van der Waals surface area contributed by atoms with Gasteiger partial charge in [-0.15, -0.1) is 0 Å². The summed E-state index contributed by atoms with van der Waals surface area (Å²) in [5.41, 5.74) is 6.03. The average molecular weight is 380 g/mol. The summed E-state index contributed by atoms with van der Waals surface area (Å²) in [6, 6.07) is 7.74. The molecule has 0 atom stereocenters. The van der Waals surface area contributed by atoms with Crippen molar-refractivity contribution >= 4 is 48.9 Å². The van der Waals surface area contributed by atoms with Gasteiger partial charge in [0, 0.05) is 10.2 Å². The summed E-state index contributed by atoms with van der Waals surface area (Å²) in [6.45, 7) is 0.